The molecule has 24 heavy (non-hydrogen) atoms. The van der Waals surface area contributed by atoms with Crippen LogP contribution in [0.3, 0.4) is 0 Å². The average molecular weight is 344 g/mol. The molecule has 1 aromatic carbocycles. The number of nitrogens with one attached hydrogen (secondary N) is 1. The highest BCUT2D eigenvalue weighted by Crippen LogP contribution is 2.29. The molecule has 1 fully saturated rings. The number of hydrogen-bond donors (Lipinski definition) is 1. The van der Waals surface area contributed by atoms with E-state index in [0.29, 0.717) is 34.9 Å². The molecule has 5 nitrogen and oxygen atoms in total. The van der Waals surface area contributed by atoms with Gasteiger partial charge in [-0.15, -0.1) is 0 Å². The number of carbonyl (C=O) groups excluding carboxylic acids is 2. The number of nitrogens with zero attached hydrogens (tertiary/aromatic N) is 2. The molecular formula is C18H18ClN3O2. The van der Waals surface area contributed by atoms with E-state index in [2.05, 4.69) is 10.3 Å². The van der Waals surface area contributed by atoms with Gasteiger partial charge in [0.1, 0.15) is 6.04 Å². The lowest BCUT2D eigenvalue weighted by molar-refractivity contribution is -0.118. The second kappa shape index (κ2) is 6.61. The summed E-state index contributed by atoms with van der Waals surface area (Å²) < 4.78 is 0. The van der Waals surface area contributed by atoms with E-state index in [4.69, 9.17) is 11.6 Å². The van der Waals surface area contributed by atoms with E-state index in [0.717, 1.165) is 5.69 Å². The number of halogens is 1. The number of amides is 2. The van der Waals surface area contributed by atoms with E-state index >= 15 is 0 Å². The fourth-order valence-electron chi connectivity index (χ4n) is 2.89. The molecule has 1 atom stereocenters. The molecule has 1 aromatic heterocycles. The molecule has 2 heterocycles. The van der Waals surface area contributed by atoms with Gasteiger partial charge in [0.2, 0.25) is 5.91 Å². The lowest BCUT2D eigenvalue weighted by Crippen LogP contribution is -2.41. The Morgan fingerprint density at radius 2 is 2.00 bits per heavy atom. The summed E-state index contributed by atoms with van der Waals surface area (Å²) in [7, 11) is 0. The van der Waals surface area contributed by atoms with Crippen molar-refractivity contribution in [3.05, 3.63) is 58.4 Å². The van der Waals surface area contributed by atoms with Gasteiger partial charge in [-0.3, -0.25) is 14.6 Å². The van der Waals surface area contributed by atoms with E-state index in [-0.39, 0.29) is 11.8 Å². The fourth-order valence-corrected chi connectivity index (χ4v) is 3.12. The van der Waals surface area contributed by atoms with E-state index in [1.807, 2.05) is 19.1 Å². The Hall–Kier alpha value is -2.40. The summed E-state index contributed by atoms with van der Waals surface area (Å²) >= 11 is 6.17. The van der Waals surface area contributed by atoms with Crippen molar-refractivity contribution in [1.82, 2.24) is 10.3 Å². The van der Waals surface area contributed by atoms with Crippen LogP contribution < -0.4 is 10.2 Å². The minimum absolute atomic E-state index is 0.144. The van der Waals surface area contributed by atoms with Gasteiger partial charge in [0.05, 0.1) is 22.0 Å². The summed E-state index contributed by atoms with van der Waals surface area (Å²) in [6.07, 6.45) is 0.550. The van der Waals surface area contributed by atoms with Crippen LogP contribution >= 0.6 is 11.6 Å². The van der Waals surface area contributed by atoms with Crippen LogP contribution in [0.4, 0.5) is 5.69 Å². The van der Waals surface area contributed by atoms with Crippen molar-refractivity contribution in [2.75, 3.05) is 11.4 Å². The minimum atomic E-state index is -0.547. The first-order valence-electron chi connectivity index (χ1n) is 7.78. The maximum absolute atomic E-state index is 12.6. The molecule has 0 unspecified atom stereocenters. The number of carbonyl (C=O) groups is 2. The largest absolute Gasteiger partial charge is 0.340 e. The number of aryl methyl sites for hydroxylation is 2. The SMILES string of the molecule is Cc1ccc(C(=O)N[C@H]2CCN(c3ccccc3Cl)C2=O)c(C)n1. The third kappa shape index (κ3) is 3.12. The van der Waals surface area contributed by atoms with Gasteiger partial charge in [-0.05, 0) is 44.5 Å². The Morgan fingerprint density at radius 3 is 2.71 bits per heavy atom. The predicted octanol–water partition coefficient (Wildman–Crippen LogP) is 2.89. The summed E-state index contributed by atoms with van der Waals surface area (Å²) in [4.78, 5) is 30.9. The number of aromatic nitrogens is 1. The molecular weight excluding hydrogens is 326 g/mol. The molecule has 0 saturated carbocycles. The molecule has 3 rings (SSSR count). The van der Waals surface area contributed by atoms with Gasteiger partial charge >= 0.3 is 0 Å². The summed E-state index contributed by atoms with van der Waals surface area (Å²) in [5.74, 6) is -0.423. The first kappa shape index (κ1) is 16.5. The van der Waals surface area contributed by atoms with Crippen LogP contribution in [0.5, 0.6) is 0 Å². The van der Waals surface area contributed by atoms with Crippen molar-refractivity contribution >= 4 is 29.1 Å². The van der Waals surface area contributed by atoms with Gasteiger partial charge in [0.15, 0.2) is 0 Å². The van der Waals surface area contributed by atoms with E-state index < -0.39 is 6.04 Å². The maximum atomic E-state index is 12.6. The topological polar surface area (TPSA) is 62.3 Å². The number of rotatable bonds is 3. The lowest BCUT2D eigenvalue weighted by atomic mass is 10.1. The molecule has 0 bridgehead atoms. The van der Waals surface area contributed by atoms with Crippen molar-refractivity contribution in [3.63, 3.8) is 0 Å². The Labute approximate surface area is 145 Å². The number of hydrogen-bond acceptors (Lipinski definition) is 3. The quantitative estimate of drug-likeness (QED) is 0.932. The van der Waals surface area contributed by atoms with Crippen LogP contribution in [0.25, 0.3) is 0 Å². The van der Waals surface area contributed by atoms with Crippen LogP contribution in [-0.2, 0) is 4.79 Å². The predicted molar refractivity (Wildman–Crippen MR) is 93.4 cm³/mol. The van der Waals surface area contributed by atoms with Gasteiger partial charge < -0.3 is 10.2 Å². The van der Waals surface area contributed by atoms with Crippen molar-refractivity contribution in [3.8, 4) is 0 Å². The third-order valence-electron chi connectivity index (χ3n) is 4.12. The molecule has 1 aliphatic rings. The molecule has 2 amide bonds. The van der Waals surface area contributed by atoms with E-state index in [1.54, 1.807) is 36.1 Å². The zero-order valence-electron chi connectivity index (χ0n) is 13.5. The highest BCUT2D eigenvalue weighted by molar-refractivity contribution is 6.34. The molecule has 1 aliphatic heterocycles. The van der Waals surface area contributed by atoms with E-state index in [9.17, 15) is 9.59 Å². The van der Waals surface area contributed by atoms with Crippen LogP contribution in [0, 0.1) is 13.8 Å². The molecule has 0 aliphatic carbocycles. The van der Waals surface area contributed by atoms with Gasteiger partial charge in [0, 0.05) is 12.2 Å². The van der Waals surface area contributed by atoms with E-state index in [1.165, 1.54) is 0 Å². The van der Waals surface area contributed by atoms with Gasteiger partial charge in [-0.1, -0.05) is 23.7 Å². The highest BCUT2D eigenvalue weighted by atomic mass is 35.5. The summed E-state index contributed by atoms with van der Waals surface area (Å²) in [5.41, 5.74) is 2.67. The van der Waals surface area contributed by atoms with Crippen LogP contribution in [0.2, 0.25) is 5.02 Å². The Kier molecular flexibility index (Phi) is 4.53. The smallest absolute Gasteiger partial charge is 0.253 e. The number of pyridine rings is 1. The molecule has 124 valence electrons. The second-order valence-corrected chi connectivity index (χ2v) is 6.25. The second-order valence-electron chi connectivity index (χ2n) is 5.84. The first-order valence-corrected chi connectivity index (χ1v) is 8.16. The molecule has 6 heteroatoms. The number of para-hydroxylation sites is 1. The first-order chi connectivity index (χ1) is 11.5. The van der Waals surface area contributed by atoms with Gasteiger partial charge in [-0.25, -0.2) is 0 Å². The van der Waals surface area contributed by atoms with Crippen molar-refractivity contribution in [1.29, 1.82) is 0 Å². The average Bonchev–Trinajstić information content (AvgIpc) is 2.88. The van der Waals surface area contributed by atoms with Crippen molar-refractivity contribution < 1.29 is 9.59 Å². The Bertz CT molecular complexity index is 807. The molecule has 0 radical (unpaired) electrons. The zero-order valence-corrected chi connectivity index (χ0v) is 14.3. The van der Waals surface area contributed by atoms with Crippen molar-refractivity contribution in [2.45, 2.75) is 26.3 Å². The van der Waals surface area contributed by atoms with Crippen molar-refractivity contribution in [2.24, 2.45) is 0 Å². The van der Waals surface area contributed by atoms with Crippen LogP contribution in [0.1, 0.15) is 28.2 Å². The normalized spacial score (nSPS) is 17.2. The van der Waals surface area contributed by atoms with Gasteiger partial charge in [0.25, 0.3) is 5.91 Å². The highest BCUT2D eigenvalue weighted by Gasteiger charge is 2.34. The van der Waals surface area contributed by atoms with Crippen LogP contribution in [-0.4, -0.2) is 29.4 Å². The summed E-state index contributed by atoms with van der Waals surface area (Å²) in [6, 6.07) is 10.2. The summed E-state index contributed by atoms with van der Waals surface area (Å²) in [6.45, 7) is 4.18. The molecule has 1 saturated heterocycles. The number of anilines is 1. The third-order valence-corrected chi connectivity index (χ3v) is 4.44. The fraction of sp³-hybridized carbons (Fsp3) is 0.278. The molecule has 2 aromatic rings. The minimum Gasteiger partial charge on any atom is -0.340 e. The summed E-state index contributed by atoms with van der Waals surface area (Å²) in [5, 5.41) is 3.34. The standard InChI is InChI=1S/C18H18ClN3O2/c1-11-7-8-13(12(2)20-11)17(23)21-15-9-10-22(18(15)24)16-6-4-3-5-14(16)19/h3-8,15H,9-10H2,1-2H3,(H,21,23)/t15-/m0/s1. The van der Waals surface area contributed by atoms with Crippen LogP contribution in [0.15, 0.2) is 36.4 Å². The monoisotopic (exact) mass is 343 g/mol. The number of benzene rings is 1. The van der Waals surface area contributed by atoms with Gasteiger partial charge in [-0.2, -0.15) is 0 Å². The molecule has 1 N–H and O–H groups in total. The molecule has 0 spiro atoms. The Morgan fingerprint density at radius 1 is 1.25 bits per heavy atom. The zero-order chi connectivity index (χ0) is 17.3. The lowest BCUT2D eigenvalue weighted by Gasteiger charge is -2.18. The Balaban J connectivity index is 1.74. The maximum Gasteiger partial charge on any atom is 0.253 e.